The Morgan fingerprint density at radius 3 is 2.57 bits per heavy atom. The highest BCUT2D eigenvalue weighted by molar-refractivity contribution is 5.91. The highest BCUT2D eigenvalue weighted by atomic mass is 16.5. The van der Waals surface area contributed by atoms with Gasteiger partial charge in [0.1, 0.15) is 11.3 Å². The average molecular weight is 291 g/mol. The van der Waals surface area contributed by atoms with E-state index in [4.69, 9.17) is 4.74 Å². The van der Waals surface area contributed by atoms with Gasteiger partial charge in [0.25, 0.3) is 0 Å². The highest BCUT2D eigenvalue weighted by Gasteiger charge is 2.22. The molecular weight excluding hydrogens is 266 g/mol. The van der Waals surface area contributed by atoms with Crippen molar-refractivity contribution in [1.82, 2.24) is 4.90 Å². The van der Waals surface area contributed by atoms with Crippen LogP contribution in [0.25, 0.3) is 0 Å². The van der Waals surface area contributed by atoms with Crippen LogP contribution < -0.4 is 4.74 Å². The Morgan fingerprint density at radius 2 is 2.00 bits per heavy atom. The van der Waals surface area contributed by atoms with E-state index in [-0.39, 0.29) is 5.56 Å². The molecule has 116 valence electrons. The van der Waals surface area contributed by atoms with Crippen molar-refractivity contribution in [1.29, 1.82) is 0 Å². The SMILES string of the molecule is COc1ccc(CN(C)C2CCC(C)CC2)cc1C(=O)O. The minimum absolute atomic E-state index is 0.237. The fourth-order valence-corrected chi connectivity index (χ4v) is 3.12. The number of carboxylic acid groups (broad SMARTS) is 1. The molecular formula is C17H25NO3. The molecule has 4 nitrogen and oxygen atoms in total. The first-order valence-corrected chi connectivity index (χ1v) is 7.61. The number of ether oxygens (including phenoxy) is 1. The Labute approximate surface area is 126 Å². The molecule has 0 bridgehead atoms. The number of benzene rings is 1. The molecule has 1 aromatic rings. The molecule has 2 rings (SSSR count). The van der Waals surface area contributed by atoms with Crippen molar-refractivity contribution in [2.45, 2.75) is 45.2 Å². The van der Waals surface area contributed by atoms with Crippen LogP contribution in [-0.2, 0) is 6.54 Å². The predicted octanol–water partition coefficient (Wildman–Crippen LogP) is 3.40. The summed E-state index contributed by atoms with van der Waals surface area (Å²) in [6.07, 6.45) is 5.05. The van der Waals surface area contributed by atoms with Crippen LogP contribution in [0.15, 0.2) is 18.2 Å². The van der Waals surface area contributed by atoms with Crippen LogP contribution in [0.4, 0.5) is 0 Å². The molecule has 0 aromatic heterocycles. The van der Waals surface area contributed by atoms with Gasteiger partial charge in [-0.25, -0.2) is 4.79 Å². The fraction of sp³-hybridized carbons (Fsp3) is 0.588. The zero-order valence-electron chi connectivity index (χ0n) is 13.1. The topological polar surface area (TPSA) is 49.8 Å². The molecule has 21 heavy (non-hydrogen) atoms. The molecule has 0 saturated heterocycles. The summed E-state index contributed by atoms with van der Waals surface area (Å²) in [7, 11) is 3.63. The molecule has 0 atom stereocenters. The average Bonchev–Trinajstić information content (AvgIpc) is 2.47. The van der Waals surface area contributed by atoms with E-state index in [1.54, 1.807) is 12.1 Å². The van der Waals surface area contributed by atoms with Crippen molar-refractivity contribution in [2.75, 3.05) is 14.2 Å². The molecule has 0 spiro atoms. The quantitative estimate of drug-likeness (QED) is 0.903. The Balaban J connectivity index is 2.05. The number of methoxy groups -OCH3 is 1. The molecule has 0 heterocycles. The summed E-state index contributed by atoms with van der Waals surface area (Å²) in [5.74, 6) is 0.317. The van der Waals surface area contributed by atoms with E-state index < -0.39 is 5.97 Å². The minimum Gasteiger partial charge on any atom is -0.496 e. The van der Waals surface area contributed by atoms with Gasteiger partial charge in [-0.2, -0.15) is 0 Å². The fourth-order valence-electron chi connectivity index (χ4n) is 3.12. The molecule has 1 saturated carbocycles. The monoisotopic (exact) mass is 291 g/mol. The second-order valence-electron chi connectivity index (χ2n) is 6.17. The first-order valence-electron chi connectivity index (χ1n) is 7.61. The lowest BCUT2D eigenvalue weighted by atomic mass is 9.86. The van der Waals surface area contributed by atoms with Gasteiger partial charge in [0.2, 0.25) is 0 Å². The number of nitrogens with zero attached hydrogens (tertiary/aromatic N) is 1. The summed E-state index contributed by atoms with van der Waals surface area (Å²) < 4.78 is 5.10. The van der Waals surface area contributed by atoms with E-state index in [0.717, 1.165) is 18.0 Å². The molecule has 0 amide bonds. The van der Waals surface area contributed by atoms with Crippen molar-refractivity contribution >= 4 is 5.97 Å². The standard InChI is InChI=1S/C17H25NO3/c1-12-4-7-14(8-5-12)18(2)11-13-6-9-16(21-3)15(10-13)17(19)20/h6,9-10,12,14H,4-5,7-8,11H2,1-3H3,(H,19,20). The summed E-state index contributed by atoms with van der Waals surface area (Å²) in [5, 5.41) is 9.24. The lowest BCUT2D eigenvalue weighted by Gasteiger charge is -2.33. The van der Waals surface area contributed by atoms with Gasteiger partial charge in [0, 0.05) is 12.6 Å². The van der Waals surface area contributed by atoms with E-state index in [1.807, 2.05) is 6.07 Å². The molecule has 1 aliphatic rings. The Bertz CT molecular complexity index is 493. The summed E-state index contributed by atoms with van der Waals surface area (Å²) in [6.45, 7) is 3.10. The molecule has 0 radical (unpaired) electrons. The maximum absolute atomic E-state index is 11.3. The summed E-state index contributed by atoms with van der Waals surface area (Å²) in [6, 6.07) is 6.03. The molecule has 1 N–H and O–H groups in total. The van der Waals surface area contributed by atoms with Gasteiger partial charge in [0.05, 0.1) is 7.11 Å². The van der Waals surface area contributed by atoms with Gasteiger partial charge in [0.15, 0.2) is 0 Å². The van der Waals surface area contributed by atoms with Gasteiger partial charge in [-0.15, -0.1) is 0 Å². The van der Waals surface area contributed by atoms with E-state index >= 15 is 0 Å². The lowest BCUT2D eigenvalue weighted by molar-refractivity contribution is 0.0693. The number of hydrogen-bond acceptors (Lipinski definition) is 3. The number of carbonyl (C=O) groups is 1. The van der Waals surface area contributed by atoms with Gasteiger partial charge in [-0.1, -0.05) is 13.0 Å². The van der Waals surface area contributed by atoms with Crippen LogP contribution in [0, 0.1) is 5.92 Å². The summed E-state index contributed by atoms with van der Waals surface area (Å²) in [5.41, 5.74) is 1.26. The summed E-state index contributed by atoms with van der Waals surface area (Å²) in [4.78, 5) is 13.6. The van der Waals surface area contributed by atoms with Crippen molar-refractivity contribution in [2.24, 2.45) is 5.92 Å². The minimum atomic E-state index is -0.942. The maximum atomic E-state index is 11.3. The van der Waals surface area contributed by atoms with Gasteiger partial charge < -0.3 is 9.84 Å². The van der Waals surface area contributed by atoms with Gasteiger partial charge in [-0.3, -0.25) is 4.90 Å². The number of carboxylic acids is 1. The zero-order chi connectivity index (χ0) is 15.4. The number of hydrogen-bond donors (Lipinski definition) is 1. The first-order chi connectivity index (χ1) is 10.0. The maximum Gasteiger partial charge on any atom is 0.339 e. The largest absolute Gasteiger partial charge is 0.496 e. The van der Waals surface area contributed by atoms with E-state index in [1.165, 1.54) is 32.8 Å². The zero-order valence-corrected chi connectivity index (χ0v) is 13.1. The van der Waals surface area contributed by atoms with Crippen LogP contribution in [0.3, 0.4) is 0 Å². The van der Waals surface area contributed by atoms with Crippen LogP contribution >= 0.6 is 0 Å². The lowest BCUT2D eigenvalue weighted by Crippen LogP contribution is -2.34. The molecule has 0 aliphatic heterocycles. The van der Waals surface area contributed by atoms with Crippen molar-refractivity contribution in [3.8, 4) is 5.75 Å². The van der Waals surface area contributed by atoms with Crippen LogP contribution in [-0.4, -0.2) is 36.2 Å². The Kier molecular flexibility index (Phi) is 5.23. The molecule has 1 aliphatic carbocycles. The number of rotatable bonds is 5. The molecule has 4 heteroatoms. The van der Waals surface area contributed by atoms with Crippen LogP contribution in [0.1, 0.15) is 48.5 Å². The molecule has 1 aromatic carbocycles. The normalized spacial score (nSPS) is 22.3. The van der Waals surface area contributed by atoms with Gasteiger partial charge >= 0.3 is 5.97 Å². The van der Waals surface area contributed by atoms with E-state index in [2.05, 4.69) is 18.9 Å². The predicted molar refractivity (Wildman–Crippen MR) is 82.8 cm³/mol. The van der Waals surface area contributed by atoms with E-state index in [9.17, 15) is 9.90 Å². The van der Waals surface area contributed by atoms with Gasteiger partial charge in [-0.05, 0) is 56.3 Å². The molecule has 0 unspecified atom stereocenters. The third kappa shape index (κ3) is 3.97. The molecule has 1 fully saturated rings. The Hall–Kier alpha value is -1.55. The van der Waals surface area contributed by atoms with Crippen LogP contribution in [0.5, 0.6) is 5.75 Å². The third-order valence-corrected chi connectivity index (χ3v) is 4.53. The van der Waals surface area contributed by atoms with Crippen LogP contribution in [0.2, 0.25) is 0 Å². The highest BCUT2D eigenvalue weighted by Crippen LogP contribution is 2.28. The smallest absolute Gasteiger partial charge is 0.339 e. The van der Waals surface area contributed by atoms with Crippen molar-refractivity contribution < 1.29 is 14.6 Å². The van der Waals surface area contributed by atoms with E-state index in [0.29, 0.717) is 11.8 Å². The number of aromatic carboxylic acids is 1. The van der Waals surface area contributed by atoms with Crippen molar-refractivity contribution in [3.05, 3.63) is 29.3 Å². The second kappa shape index (κ2) is 6.94. The second-order valence-corrected chi connectivity index (χ2v) is 6.17. The van der Waals surface area contributed by atoms with Crippen molar-refractivity contribution in [3.63, 3.8) is 0 Å². The first kappa shape index (κ1) is 15.8. The summed E-state index contributed by atoms with van der Waals surface area (Å²) >= 11 is 0. The third-order valence-electron chi connectivity index (χ3n) is 4.53. The Morgan fingerprint density at radius 1 is 1.33 bits per heavy atom.